The van der Waals surface area contributed by atoms with Crippen LogP contribution < -0.4 is 0 Å². The highest BCUT2D eigenvalue weighted by Crippen LogP contribution is 2.19. The number of amides is 1. The highest BCUT2D eigenvalue weighted by Gasteiger charge is 2.30. The molecule has 30 heavy (non-hydrogen) atoms. The van der Waals surface area contributed by atoms with Crippen molar-refractivity contribution in [3.8, 4) is 11.8 Å². The van der Waals surface area contributed by atoms with Crippen molar-refractivity contribution in [1.29, 1.82) is 5.26 Å². The summed E-state index contributed by atoms with van der Waals surface area (Å²) in [6.07, 6.45) is 3.87. The van der Waals surface area contributed by atoms with Crippen molar-refractivity contribution in [3.05, 3.63) is 84.2 Å². The second-order valence-electron chi connectivity index (χ2n) is 6.97. The van der Waals surface area contributed by atoms with Gasteiger partial charge in [-0.3, -0.25) is 4.79 Å². The fraction of sp³-hybridized carbons (Fsp3) is 0.182. The minimum Gasteiger partial charge on any atom is -0.336 e. The summed E-state index contributed by atoms with van der Waals surface area (Å²) in [5, 5.41) is 8.87. The molecule has 0 atom stereocenters. The number of rotatable bonds is 4. The molecule has 3 aromatic rings. The number of benzene rings is 2. The quantitative estimate of drug-likeness (QED) is 0.649. The summed E-state index contributed by atoms with van der Waals surface area (Å²) in [6, 6.07) is 19.1. The predicted molar refractivity (Wildman–Crippen MR) is 112 cm³/mol. The van der Waals surface area contributed by atoms with Crippen LogP contribution in [0.4, 0.5) is 0 Å². The minimum atomic E-state index is -3.65. The summed E-state index contributed by atoms with van der Waals surface area (Å²) in [6.45, 7) is 1.12. The Kier molecular flexibility index (Phi) is 5.40. The molecule has 1 fully saturated rings. The van der Waals surface area contributed by atoms with Crippen molar-refractivity contribution in [2.24, 2.45) is 0 Å². The van der Waals surface area contributed by atoms with Gasteiger partial charge in [-0.25, -0.2) is 8.42 Å². The van der Waals surface area contributed by atoms with E-state index < -0.39 is 10.0 Å². The van der Waals surface area contributed by atoms with Crippen molar-refractivity contribution < 1.29 is 13.2 Å². The number of carbonyl (C=O) groups is 1. The van der Waals surface area contributed by atoms with Crippen LogP contribution in [0, 0.1) is 11.3 Å². The van der Waals surface area contributed by atoms with E-state index in [0.717, 1.165) is 5.69 Å². The van der Waals surface area contributed by atoms with Gasteiger partial charge in [0.05, 0.1) is 16.5 Å². The van der Waals surface area contributed by atoms with E-state index in [1.807, 2.05) is 47.3 Å². The molecule has 1 amide bonds. The van der Waals surface area contributed by atoms with Crippen molar-refractivity contribution in [1.82, 2.24) is 13.8 Å². The fourth-order valence-corrected chi connectivity index (χ4v) is 4.87. The second-order valence-corrected chi connectivity index (χ2v) is 8.91. The molecule has 2 aromatic carbocycles. The van der Waals surface area contributed by atoms with E-state index >= 15 is 0 Å². The van der Waals surface area contributed by atoms with E-state index in [0.29, 0.717) is 24.2 Å². The molecule has 152 valence electrons. The monoisotopic (exact) mass is 420 g/mol. The molecular weight excluding hydrogens is 400 g/mol. The van der Waals surface area contributed by atoms with Crippen LogP contribution in [0.2, 0.25) is 0 Å². The summed E-state index contributed by atoms with van der Waals surface area (Å²) in [4.78, 5) is 14.6. The van der Waals surface area contributed by atoms with E-state index in [1.54, 1.807) is 17.0 Å². The molecule has 1 saturated heterocycles. The first-order chi connectivity index (χ1) is 14.5. The maximum atomic E-state index is 12.8. The Labute approximate surface area is 175 Å². The number of aromatic nitrogens is 1. The van der Waals surface area contributed by atoms with Crippen molar-refractivity contribution in [2.45, 2.75) is 4.90 Å². The molecule has 0 spiro atoms. The molecular formula is C22H20N4O3S. The average molecular weight is 420 g/mol. The third-order valence-electron chi connectivity index (χ3n) is 5.16. The molecule has 0 bridgehead atoms. The van der Waals surface area contributed by atoms with E-state index in [1.165, 1.54) is 28.6 Å². The van der Waals surface area contributed by atoms with Gasteiger partial charge in [0.25, 0.3) is 5.91 Å². The van der Waals surface area contributed by atoms with Gasteiger partial charge < -0.3 is 9.47 Å². The molecule has 0 aliphatic carbocycles. The van der Waals surface area contributed by atoms with Gasteiger partial charge in [0.15, 0.2) is 0 Å². The third kappa shape index (κ3) is 3.85. The number of piperazine rings is 1. The lowest BCUT2D eigenvalue weighted by Crippen LogP contribution is -2.50. The van der Waals surface area contributed by atoms with Gasteiger partial charge in [0, 0.05) is 49.8 Å². The van der Waals surface area contributed by atoms with Crippen molar-refractivity contribution in [3.63, 3.8) is 0 Å². The normalized spacial score (nSPS) is 15.0. The number of nitriles is 1. The molecule has 1 aliphatic rings. The lowest BCUT2D eigenvalue weighted by Gasteiger charge is -2.34. The Morgan fingerprint density at radius 2 is 1.47 bits per heavy atom. The van der Waals surface area contributed by atoms with Crippen LogP contribution in [0.25, 0.3) is 5.69 Å². The standard InChI is InChI=1S/C22H20N4O3S/c23-17-18-3-9-21(10-4-18)30(28,29)26-15-13-25(14-16-26)22(27)19-5-7-20(8-6-19)24-11-1-2-12-24/h1-12H,13-16H2. The number of carbonyl (C=O) groups excluding carboxylic acids is 1. The Bertz CT molecular complexity index is 1170. The largest absolute Gasteiger partial charge is 0.336 e. The van der Waals surface area contributed by atoms with Crippen LogP contribution in [0.15, 0.2) is 78.0 Å². The lowest BCUT2D eigenvalue weighted by atomic mass is 10.1. The smallest absolute Gasteiger partial charge is 0.253 e. The zero-order valence-corrected chi connectivity index (χ0v) is 17.0. The predicted octanol–water partition coefficient (Wildman–Crippen LogP) is 2.50. The fourth-order valence-electron chi connectivity index (χ4n) is 3.45. The Hall–Kier alpha value is -3.41. The molecule has 1 aliphatic heterocycles. The summed E-state index contributed by atoms with van der Waals surface area (Å²) in [7, 11) is -3.65. The molecule has 2 heterocycles. The first-order valence-corrected chi connectivity index (χ1v) is 11.0. The van der Waals surface area contributed by atoms with Gasteiger partial charge in [-0.15, -0.1) is 0 Å². The Morgan fingerprint density at radius 3 is 2.03 bits per heavy atom. The van der Waals surface area contributed by atoms with Crippen molar-refractivity contribution in [2.75, 3.05) is 26.2 Å². The van der Waals surface area contributed by atoms with Gasteiger partial charge in [0.2, 0.25) is 10.0 Å². The summed E-state index contributed by atoms with van der Waals surface area (Å²) >= 11 is 0. The molecule has 1 aromatic heterocycles. The number of sulfonamides is 1. The van der Waals surface area contributed by atoms with Gasteiger partial charge in [-0.05, 0) is 60.7 Å². The van der Waals surface area contributed by atoms with Gasteiger partial charge in [0.1, 0.15) is 0 Å². The van der Waals surface area contributed by atoms with Crippen LogP contribution in [0.3, 0.4) is 0 Å². The van der Waals surface area contributed by atoms with E-state index in [2.05, 4.69) is 0 Å². The third-order valence-corrected chi connectivity index (χ3v) is 7.08. The van der Waals surface area contributed by atoms with E-state index in [-0.39, 0.29) is 23.9 Å². The maximum Gasteiger partial charge on any atom is 0.253 e. The van der Waals surface area contributed by atoms with Crippen LogP contribution in [0.1, 0.15) is 15.9 Å². The summed E-state index contributed by atoms with van der Waals surface area (Å²) in [5.74, 6) is -0.107. The van der Waals surface area contributed by atoms with Gasteiger partial charge in [-0.1, -0.05) is 0 Å². The SMILES string of the molecule is N#Cc1ccc(S(=O)(=O)N2CCN(C(=O)c3ccc(-n4cccc4)cc3)CC2)cc1. The molecule has 7 nitrogen and oxygen atoms in total. The topological polar surface area (TPSA) is 86.4 Å². The number of hydrogen-bond acceptors (Lipinski definition) is 4. The molecule has 0 unspecified atom stereocenters. The zero-order chi connectivity index (χ0) is 21.1. The summed E-state index contributed by atoms with van der Waals surface area (Å²) < 4.78 is 29.0. The van der Waals surface area contributed by atoms with Crippen LogP contribution in [-0.4, -0.2) is 54.3 Å². The van der Waals surface area contributed by atoms with Gasteiger partial charge in [-0.2, -0.15) is 9.57 Å². The second kappa shape index (κ2) is 8.14. The van der Waals surface area contributed by atoms with E-state index in [9.17, 15) is 13.2 Å². The highest BCUT2D eigenvalue weighted by atomic mass is 32.2. The Morgan fingerprint density at radius 1 is 0.867 bits per heavy atom. The van der Waals surface area contributed by atoms with Crippen LogP contribution >= 0.6 is 0 Å². The zero-order valence-electron chi connectivity index (χ0n) is 16.2. The summed E-state index contributed by atoms with van der Waals surface area (Å²) in [5.41, 5.74) is 1.95. The minimum absolute atomic E-state index is 0.107. The molecule has 8 heteroatoms. The average Bonchev–Trinajstić information content (AvgIpc) is 3.34. The first kappa shape index (κ1) is 19.9. The molecule has 4 rings (SSSR count). The number of nitrogens with zero attached hydrogens (tertiary/aromatic N) is 4. The van der Waals surface area contributed by atoms with Crippen molar-refractivity contribution >= 4 is 15.9 Å². The molecule has 0 radical (unpaired) electrons. The van der Waals surface area contributed by atoms with E-state index in [4.69, 9.17) is 5.26 Å². The first-order valence-electron chi connectivity index (χ1n) is 9.52. The Balaban J connectivity index is 1.41. The molecule has 0 saturated carbocycles. The van der Waals surface area contributed by atoms with Crippen LogP contribution in [0.5, 0.6) is 0 Å². The lowest BCUT2D eigenvalue weighted by molar-refractivity contribution is 0.0698. The van der Waals surface area contributed by atoms with Gasteiger partial charge >= 0.3 is 0 Å². The van der Waals surface area contributed by atoms with Crippen LogP contribution in [-0.2, 0) is 10.0 Å². The highest BCUT2D eigenvalue weighted by molar-refractivity contribution is 7.89. The number of hydrogen-bond donors (Lipinski definition) is 0. The molecule has 0 N–H and O–H groups in total. The maximum absolute atomic E-state index is 12.8.